The van der Waals surface area contributed by atoms with Crippen LogP contribution in [-0.2, 0) is 9.47 Å². The van der Waals surface area contributed by atoms with Crippen LogP contribution in [0.1, 0.15) is 11.7 Å². The molecule has 0 bridgehead atoms. The van der Waals surface area contributed by atoms with Gasteiger partial charge in [-0.05, 0) is 6.07 Å². The molecule has 1 atom stereocenters. The Bertz CT molecular complexity index is 359. The highest BCUT2D eigenvalue weighted by atomic mass is 35.5. The Hall–Kier alpha value is -0.610. The first kappa shape index (κ1) is 12.8. The number of hydrogen-bond acceptors (Lipinski definition) is 3. The fraction of sp³-hybridized carbons (Fsp3) is 0.538. The molecule has 0 amide bonds. The van der Waals surface area contributed by atoms with Crippen molar-refractivity contribution >= 4 is 11.6 Å². The lowest BCUT2D eigenvalue weighted by molar-refractivity contribution is -0.0355. The number of nitrogens with zero attached hydrogens (tertiary/aromatic N) is 1. The number of rotatable bonds is 4. The summed E-state index contributed by atoms with van der Waals surface area (Å²) in [5, 5.41) is 0.783. The van der Waals surface area contributed by atoms with E-state index in [1.807, 2.05) is 24.3 Å². The van der Waals surface area contributed by atoms with Crippen molar-refractivity contribution in [2.45, 2.75) is 6.10 Å². The van der Waals surface area contributed by atoms with Gasteiger partial charge in [-0.25, -0.2) is 0 Å². The third-order valence-electron chi connectivity index (χ3n) is 3.01. The highest BCUT2D eigenvalue weighted by molar-refractivity contribution is 6.31. The molecule has 17 heavy (non-hydrogen) atoms. The summed E-state index contributed by atoms with van der Waals surface area (Å²) in [5.41, 5.74) is 1.08. The van der Waals surface area contributed by atoms with Gasteiger partial charge in [0.25, 0.3) is 0 Å². The van der Waals surface area contributed by atoms with Gasteiger partial charge in [-0.1, -0.05) is 29.8 Å². The van der Waals surface area contributed by atoms with E-state index in [4.69, 9.17) is 21.1 Å². The molecule has 1 unspecified atom stereocenters. The molecule has 0 radical (unpaired) electrons. The molecule has 1 aliphatic rings. The minimum Gasteiger partial charge on any atom is -0.383 e. The van der Waals surface area contributed by atoms with Crippen molar-refractivity contribution in [1.82, 2.24) is 4.90 Å². The molecule has 0 saturated carbocycles. The van der Waals surface area contributed by atoms with Crippen molar-refractivity contribution in [3.8, 4) is 0 Å². The van der Waals surface area contributed by atoms with Crippen LogP contribution >= 0.6 is 11.6 Å². The predicted octanol–water partition coefficient (Wildman–Crippen LogP) is 2.36. The molecular formula is C13H18ClNO2. The van der Waals surface area contributed by atoms with Crippen molar-refractivity contribution in [3.05, 3.63) is 34.9 Å². The van der Waals surface area contributed by atoms with E-state index in [-0.39, 0.29) is 6.10 Å². The molecule has 3 nitrogen and oxygen atoms in total. The Balaban J connectivity index is 1.99. The largest absolute Gasteiger partial charge is 0.383 e. The molecule has 1 aromatic rings. The van der Waals surface area contributed by atoms with E-state index in [2.05, 4.69) is 4.90 Å². The van der Waals surface area contributed by atoms with Gasteiger partial charge >= 0.3 is 0 Å². The lowest BCUT2D eigenvalue weighted by Gasteiger charge is -2.33. The molecule has 1 aliphatic heterocycles. The van der Waals surface area contributed by atoms with E-state index in [1.54, 1.807) is 7.11 Å². The summed E-state index contributed by atoms with van der Waals surface area (Å²) in [6.07, 6.45) is 0.0781. The maximum absolute atomic E-state index is 6.19. The van der Waals surface area contributed by atoms with Crippen LogP contribution in [0, 0.1) is 0 Å². The zero-order valence-electron chi connectivity index (χ0n) is 10.1. The summed E-state index contributed by atoms with van der Waals surface area (Å²) in [7, 11) is 1.73. The Labute approximate surface area is 107 Å². The van der Waals surface area contributed by atoms with Gasteiger partial charge in [0.15, 0.2) is 0 Å². The molecule has 1 fully saturated rings. The van der Waals surface area contributed by atoms with Crippen LogP contribution in [-0.4, -0.2) is 44.9 Å². The molecule has 0 spiro atoms. The molecule has 0 aromatic heterocycles. The topological polar surface area (TPSA) is 21.7 Å². The van der Waals surface area contributed by atoms with Gasteiger partial charge in [-0.2, -0.15) is 0 Å². The maximum atomic E-state index is 6.19. The van der Waals surface area contributed by atoms with Crippen LogP contribution in [0.2, 0.25) is 5.02 Å². The van der Waals surface area contributed by atoms with Gasteiger partial charge in [0.2, 0.25) is 0 Å². The summed E-state index contributed by atoms with van der Waals surface area (Å²) >= 11 is 6.19. The van der Waals surface area contributed by atoms with E-state index in [0.717, 1.165) is 43.4 Å². The Kier molecular flexibility index (Phi) is 4.80. The van der Waals surface area contributed by atoms with Crippen molar-refractivity contribution in [1.29, 1.82) is 0 Å². The number of halogens is 1. The quantitative estimate of drug-likeness (QED) is 0.825. The normalized spacial score (nSPS) is 21.6. The van der Waals surface area contributed by atoms with Gasteiger partial charge in [0.1, 0.15) is 0 Å². The van der Waals surface area contributed by atoms with E-state index in [0.29, 0.717) is 0 Å². The summed E-state index contributed by atoms with van der Waals surface area (Å²) in [6, 6.07) is 7.89. The van der Waals surface area contributed by atoms with Gasteiger partial charge < -0.3 is 9.47 Å². The summed E-state index contributed by atoms with van der Waals surface area (Å²) < 4.78 is 10.9. The summed E-state index contributed by atoms with van der Waals surface area (Å²) in [4.78, 5) is 2.35. The third kappa shape index (κ3) is 3.42. The van der Waals surface area contributed by atoms with Crippen LogP contribution < -0.4 is 0 Å². The van der Waals surface area contributed by atoms with Gasteiger partial charge in [-0.3, -0.25) is 4.90 Å². The van der Waals surface area contributed by atoms with Crippen molar-refractivity contribution in [2.75, 3.05) is 40.0 Å². The number of benzene rings is 1. The summed E-state index contributed by atoms with van der Waals surface area (Å²) in [6.45, 7) is 4.30. The second-order valence-corrected chi connectivity index (χ2v) is 4.58. The first-order valence-electron chi connectivity index (χ1n) is 5.88. The Morgan fingerprint density at radius 2 is 2.29 bits per heavy atom. The van der Waals surface area contributed by atoms with Crippen molar-refractivity contribution in [2.24, 2.45) is 0 Å². The molecule has 1 heterocycles. The highest BCUT2D eigenvalue weighted by Gasteiger charge is 2.23. The zero-order chi connectivity index (χ0) is 12.1. The molecule has 2 rings (SSSR count). The lowest BCUT2D eigenvalue weighted by Crippen LogP contribution is -2.40. The zero-order valence-corrected chi connectivity index (χ0v) is 10.8. The summed E-state index contributed by atoms with van der Waals surface area (Å²) in [5.74, 6) is 0. The van der Waals surface area contributed by atoms with Crippen LogP contribution in [0.25, 0.3) is 0 Å². The first-order valence-corrected chi connectivity index (χ1v) is 6.26. The van der Waals surface area contributed by atoms with Crippen LogP contribution in [0.4, 0.5) is 0 Å². The van der Waals surface area contributed by atoms with E-state index < -0.39 is 0 Å². The van der Waals surface area contributed by atoms with Crippen LogP contribution in [0.5, 0.6) is 0 Å². The van der Waals surface area contributed by atoms with Gasteiger partial charge in [-0.15, -0.1) is 0 Å². The molecule has 94 valence electrons. The molecular weight excluding hydrogens is 238 g/mol. The van der Waals surface area contributed by atoms with E-state index in [9.17, 15) is 0 Å². The second kappa shape index (κ2) is 6.36. The average molecular weight is 256 g/mol. The van der Waals surface area contributed by atoms with Crippen LogP contribution in [0.3, 0.4) is 0 Å². The predicted molar refractivity (Wildman–Crippen MR) is 68.5 cm³/mol. The fourth-order valence-corrected chi connectivity index (χ4v) is 2.31. The van der Waals surface area contributed by atoms with Crippen molar-refractivity contribution in [3.63, 3.8) is 0 Å². The van der Waals surface area contributed by atoms with Gasteiger partial charge in [0, 0.05) is 37.3 Å². The van der Waals surface area contributed by atoms with E-state index in [1.165, 1.54) is 0 Å². The Morgan fingerprint density at radius 3 is 3.06 bits per heavy atom. The first-order chi connectivity index (χ1) is 8.31. The van der Waals surface area contributed by atoms with Crippen molar-refractivity contribution < 1.29 is 9.47 Å². The number of hydrogen-bond donors (Lipinski definition) is 0. The second-order valence-electron chi connectivity index (χ2n) is 4.17. The lowest BCUT2D eigenvalue weighted by atomic mass is 10.1. The van der Waals surface area contributed by atoms with E-state index >= 15 is 0 Å². The minimum absolute atomic E-state index is 0.0781. The molecule has 1 saturated heterocycles. The molecule has 4 heteroatoms. The molecule has 1 aromatic carbocycles. The monoisotopic (exact) mass is 255 g/mol. The smallest absolute Gasteiger partial charge is 0.0966 e. The number of morpholine rings is 1. The number of ether oxygens (including phenoxy) is 2. The van der Waals surface area contributed by atoms with Crippen LogP contribution in [0.15, 0.2) is 24.3 Å². The fourth-order valence-electron chi connectivity index (χ4n) is 2.05. The third-order valence-corrected chi connectivity index (χ3v) is 3.36. The maximum Gasteiger partial charge on any atom is 0.0966 e. The molecule has 0 N–H and O–H groups in total. The van der Waals surface area contributed by atoms with Gasteiger partial charge in [0.05, 0.1) is 19.3 Å². The minimum atomic E-state index is 0.0781. The standard InChI is InChI=1S/C13H18ClNO2/c1-16-8-6-15-7-9-17-13(10-15)11-4-2-3-5-12(11)14/h2-5,13H,6-10H2,1H3. The SMILES string of the molecule is COCCN1CCOC(c2ccccc2Cl)C1. The highest BCUT2D eigenvalue weighted by Crippen LogP contribution is 2.28. The average Bonchev–Trinajstić information content (AvgIpc) is 2.37. The molecule has 0 aliphatic carbocycles. The Morgan fingerprint density at radius 1 is 1.47 bits per heavy atom. The number of methoxy groups -OCH3 is 1.